The summed E-state index contributed by atoms with van der Waals surface area (Å²) in [6.45, 7) is 8.65. The summed E-state index contributed by atoms with van der Waals surface area (Å²) in [5, 5.41) is 7.81. The van der Waals surface area contributed by atoms with Crippen LogP contribution < -0.4 is 10.2 Å². The van der Waals surface area contributed by atoms with Gasteiger partial charge in [0, 0.05) is 38.4 Å². The second-order valence-electron chi connectivity index (χ2n) is 4.26. The summed E-state index contributed by atoms with van der Waals surface area (Å²) in [6.07, 6.45) is 5.27. The zero-order valence-corrected chi connectivity index (χ0v) is 9.61. The fourth-order valence-electron chi connectivity index (χ4n) is 2.03. The number of aryl methyl sites for hydroxylation is 1. The van der Waals surface area contributed by atoms with Gasteiger partial charge in [0.05, 0.1) is 11.9 Å². The summed E-state index contributed by atoms with van der Waals surface area (Å²) in [6, 6.07) is 0.577. The number of rotatable bonds is 3. The van der Waals surface area contributed by atoms with Gasteiger partial charge in [-0.2, -0.15) is 5.10 Å². The number of piperazine rings is 1. The van der Waals surface area contributed by atoms with Crippen LogP contribution in [-0.2, 0) is 6.54 Å². The van der Waals surface area contributed by atoms with Gasteiger partial charge in [0.25, 0.3) is 0 Å². The zero-order chi connectivity index (χ0) is 10.7. The fourth-order valence-corrected chi connectivity index (χ4v) is 2.03. The monoisotopic (exact) mass is 208 g/mol. The molecule has 0 bridgehead atoms. The van der Waals surface area contributed by atoms with Crippen molar-refractivity contribution in [2.45, 2.75) is 32.9 Å². The number of hydrogen-bond acceptors (Lipinski definition) is 3. The maximum atomic E-state index is 4.36. The van der Waals surface area contributed by atoms with Gasteiger partial charge in [-0.1, -0.05) is 6.92 Å². The van der Waals surface area contributed by atoms with E-state index in [0.717, 1.165) is 32.6 Å². The predicted octanol–water partition coefficient (Wildman–Crippen LogP) is 1.09. The van der Waals surface area contributed by atoms with Crippen LogP contribution >= 0.6 is 0 Å². The molecular weight excluding hydrogens is 188 g/mol. The maximum Gasteiger partial charge on any atom is 0.0753 e. The van der Waals surface area contributed by atoms with Gasteiger partial charge < -0.3 is 10.2 Å². The molecule has 0 amide bonds. The average molecular weight is 208 g/mol. The molecular formula is C11H20N4. The van der Waals surface area contributed by atoms with Gasteiger partial charge in [0.1, 0.15) is 0 Å². The molecule has 2 heterocycles. The number of hydrogen-bond donors (Lipinski definition) is 1. The van der Waals surface area contributed by atoms with Gasteiger partial charge in [-0.3, -0.25) is 4.68 Å². The number of nitrogens with one attached hydrogen (secondary N) is 1. The summed E-state index contributed by atoms with van der Waals surface area (Å²) in [5.41, 5.74) is 1.26. The number of aromatic nitrogens is 2. The Morgan fingerprint density at radius 1 is 1.60 bits per heavy atom. The second-order valence-corrected chi connectivity index (χ2v) is 4.26. The third-order valence-electron chi connectivity index (χ3n) is 2.81. The Balaban J connectivity index is 2.01. The van der Waals surface area contributed by atoms with Crippen LogP contribution in [0.1, 0.15) is 20.3 Å². The predicted molar refractivity (Wildman–Crippen MR) is 62.2 cm³/mol. The highest BCUT2D eigenvalue weighted by molar-refractivity contribution is 5.43. The minimum atomic E-state index is 0.577. The Labute approximate surface area is 91.3 Å². The maximum absolute atomic E-state index is 4.36. The first-order valence-corrected chi connectivity index (χ1v) is 5.80. The molecule has 1 N–H and O–H groups in total. The molecule has 1 aliphatic heterocycles. The van der Waals surface area contributed by atoms with Crippen molar-refractivity contribution in [2.75, 3.05) is 24.5 Å². The van der Waals surface area contributed by atoms with Crippen LogP contribution in [0.25, 0.3) is 0 Å². The molecule has 2 rings (SSSR count). The molecule has 0 radical (unpaired) electrons. The van der Waals surface area contributed by atoms with E-state index in [2.05, 4.69) is 35.4 Å². The van der Waals surface area contributed by atoms with Crippen LogP contribution in [-0.4, -0.2) is 35.5 Å². The summed E-state index contributed by atoms with van der Waals surface area (Å²) >= 11 is 0. The lowest BCUT2D eigenvalue weighted by atomic mass is 10.2. The van der Waals surface area contributed by atoms with Gasteiger partial charge >= 0.3 is 0 Å². The molecule has 1 aliphatic rings. The van der Waals surface area contributed by atoms with Crippen molar-refractivity contribution in [3.05, 3.63) is 12.4 Å². The van der Waals surface area contributed by atoms with E-state index in [0.29, 0.717) is 6.04 Å². The van der Waals surface area contributed by atoms with Crippen LogP contribution in [0.2, 0.25) is 0 Å². The fraction of sp³-hybridized carbons (Fsp3) is 0.727. The quantitative estimate of drug-likeness (QED) is 0.807. The Hall–Kier alpha value is -1.03. The highest BCUT2D eigenvalue weighted by Crippen LogP contribution is 2.14. The SMILES string of the molecule is CCCn1cc(N2CCNC(C)C2)cn1. The lowest BCUT2D eigenvalue weighted by Gasteiger charge is -2.32. The molecule has 1 aromatic rings. The van der Waals surface area contributed by atoms with Crippen molar-refractivity contribution in [3.63, 3.8) is 0 Å². The van der Waals surface area contributed by atoms with E-state index in [4.69, 9.17) is 0 Å². The highest BCUT2D eigenvalue weighted by Gasteiger charge is 2.16. The van der Waals surface area contributed by atoms with Gasteiger partial charge in [0.2, 0.25) is 0 Å². The second kappa shape index (κ2) is 4.66. The van der Waals surface area contributed by atoms with Crippen molar-refractivity contribution in [2.24, 2.45) is 0 Å². The number of anilines is 1. The van der Waals surface area contributed by atoms with Gasteiger partial charge in [0.15, 0.2) is 0 Å². The molecule has 15 heavy (non-hydrogen) atoms. The number of nitrogens with zero attached hydrogens (tertiary/aromatic N) is 3. The van der Waals surface area contributed by atoms with E-state index in [1.54, 1.807) is 0 Å². The van der Waals surface area contributed by atoms with Gasteiger partial charge in [-0.05, 0) is 13.3 Å². The summed E-state index contributed by atoms with van der Waals surface area (Å²) in [7, 11) is 0. The summed E-state index contributed by atoms with van der Waals surface area (Å²) in [4.78, 5) is 2.40. The summed E-state index contributed by atoms with van der Waals surface area (Å²) in [5.74, 6) is 0. The summed E-state index contributed by atoms with van der Waals surface area (Å²) < 4.78 is 2.03. The normalized spacial score (nSPS) is 22.0. The highest BCUT2D eigenvalue weighted by atomic mass is 15.3. The Kier molecular flexibility index (Phi) is 3.26. The first-order chi connectivity index (χ1) is 7.29. The zero-order valence-electron chi connectivity index (χ0n) is 9.61. The first kappa shape index (κ1) is 10.5. The molecule has 1 saturated heterocycles. The molecule has 0 aliphatic carbocycles. The van der Waals surface area contributed by atoms with Crippen molar-refractivity contribution in [1.82, 2.24) is 15.1 Å². The molecule has 0 spiro atoms. The third kappa shape index (κ3) is 2.50. The van der Waals surface area contributed by atoms with Gasteiger partial charge in [-0.15, -0.1) is 0 Å². The smallest absolute Gasteiger partial charge is 0.0753 e. The standard InChI is InChI=1S/C11H20N4/c1-3-5-15-9-11(7-13-15)14-6-4-12-10(2)8-14/h7,9-10,12H,3-6,8H2,1-2H3. The van der Waals surface area contributed by atoms with Crippen molar-refractivity contribution in [1.29, 1.82) is 0 Å². The van der Waals surface area contributed by atoms with E-state index in [1.165, 1.54) is 5.69 Å². The van der Waals surface area contributed by atoms with Crippen molar-refractivity contribution in [3.8, 4) is 0 Å². The van der Waals surface area contributed by atoms with Crippen molar-refractivity contribution >= 4 is 5.69 Å². The lowest BCUT2D eigenvalue weighted by Crippen LogP contribution is -2.49. The molecule has 84 valence electrons. The van der Waals surface area contributed by atoms with Crippen molar-refractivity contribution < 1.29 is 0 Å². The van der Waals surface area contributed by atoms with E-state index in [1.807, 2.05) is 10.9 Å². The van der Waals surface area contributed by atoms with E-state index in [9.17, 15) is 0 Å². The molecule has 4 heteroatoms. The first-order valence-electron chi connectivity index (χ1n) is 5.80. The van der Waals surface area contributed by atoms with Crippen LogP contribution in [0.4, 0.5) is 5.69 Å². The molecule has 1 atom stereocenters. The Bertz CT molecular complexity index is 307. The molecule has 1 fully saturated rings. The average Bonchev–Trinajstić information content (AvgIpc) is 2.67. The Morgan fingerprint density at radius 2 is 2.47 bits per heavy atom. The minimum absolute atomic E-state index is 0.577. The van der Waals surface area contributed by atoms with E-state index < -0.39 is 0 Å². The molecule has 4 nitrogen and oxygen atoms in total. The molecule has 0 saturated carbocycles. The molecule has 1 unspecified atom stereocenters. The third-order valence-corrected chi connectivity index (χ3v) is 2.81. The van der Waals surface area contributed by atoms with Crippen LogP contribution in [0.3, 0.4) is 0 Å². The van der Waals surface area contributed by atoms with Gasteiger partial charge in [-0.25, -0.2) is 0 Å². The van der Waals surface area contributed by atoms with E-state index >= 15 is 0 Å². The topological polar surface area (TPSA) is 33.1 Å². The molecule has 0 aromatic carbocycles. The molecule has 1 aromatic heterocycles. The van der Waals surface area contributed by atoms with E-state index in [-0.39, 0.29) is 0 Å². The van der Waals surface area contributed by atoms with Crippen LogP contribution in [0, 0.1) is 0 Å². The minimum Gasteiger partial charge on any atom is -0.366 e. The van der Waals surface area contributed by atoms with Crippen LogP contribution in [0.15, 0.2) is 12.4 Å². The lowest BCUT2D eigenvalue weighted by molar-refractivity contribution is 0.484. The Morgan fingerprint density at radius 3 is 3.20 bits per heavy atom. The van der Waals surface area contributed by atoms with Crippen LogP contribution in [0.5, 0.6) is 0 Å². The largest absolute Gasteiger partial charge is 0.366 e.